The molecule has 0 spiro atoms. The largest absolute Gasteiger partial charge is 0.352 e. The topological polar surface area (TPSA) is 49.0 Å². The fraction of sp³-hybridized carbons (Fsp3) is 1.00. The van der Waals surface area contributed by atoms with Crippen LogP contribution in [-0.2, 0) is 18.9 Å². The molecule has 2 saturated heterocycles. The first-order valence-electron chi connectivity index (χ1n) is 11.0. The molecule has 0 bridgehead atoms. The first-order valence-corrected chi connectivity index (χ1v) is 11.0. The number of ether oxygens (including phenoxy) is 4. The van der Waals surface area contributed by atoms with Gasteiger partial charge in [0.2, 0.25) is 6.41 Å². The van der Waals surface area contributed by atoms with Crippen LogP contribution in [0, 0.1) is 10.8 Å². The zero-order chi connectivity index (χ0) is 20.1. The van der Waals surface area contributed by atoms with Gasteiger partial charge < -0.3 is 18.9 Å². The summed E-state index contributed by atoms with van der Waals surface area (Å²) in [6.45, 7) is 17.2. The Morgan fingerprint density at radius 2 is 1.59 bits per heavy atom. The van der Waals surface area contributed by atoms with Crippen molar-refractivity contribution in [2.45, 2.75) is 118 Å². The van der Waals surface area contributed by atoms with E-state index >= 15 is 0 Å². The van der Waals surface area contributed by atoms with Gasteiger partial charge in [0.15, 0.2) is 0 Å². The van der Waals surface area contributed by atoms with Crippen molar-refractivity contribution >= 4 is 0 Å². The zero-order valence-electron chi connectivity index (χ0n) is 18.7. The molecule has 2 aliphatic rings. The molecule has 2 fully saturated rings. The van der Waals surface area contributed by atoms with Crippen LogP contribution >= 0.6 is 0 Å². The number of rotatable bonds is 9. The van der Waals surface area contributed by atoms with Crippen LogP contribution in [0.25, 0.3) is 0 Å². The first kappa shape index (κ1) is 23.1. The van der Waals surface area contributed by atoms with Crippen molar-refractivity contribution in [2.24, 2.45) is 10.8 Å². The summed E-state index contributed by atoms with van der Waals surface area (Å²) in [6, 6.07) is 0. The summed E-state index contributed by atoms with van der Waals surface area (Å²) in [5.41, 5.74) is 0.0721. The molecule has 0 aromatic heterocycles. The molecular formula is C22H43NO4. The minimum atomic E-state index is -0.302. The van der Waals surface area contributed by atoms with Gasteiger partial charge >= 0.3 is 0 Å². The van der Waals surface area contributed by atoms with Crippen molar-refractivity contribution in [2.75, 3.05) is 13.3 Å². The van der Waals surface area contributed by atoms with Crippen LogP contribution in [-0.4, -0.2) is 44.2 Å². The van der Waals surface area contributed by atoms with E-state index in [9.17, 15) is 0 Å². The fourth-order valence-corrected chi connectivity index (χ4v) is 4.30. The van der Waals surface area contributed by atoms with E-state index in [1.165, 1.54) is 0 Å². The van der Waals surface area contributed by atoms with Gasteiger partial charge in [-0.1, -0.05) is 54.9 Å². The maximum Gasteiger partial charge on any atom is 0.216 e. The summed E-state index contributed by atoms with van der Waals surface area (Å²) in [7, 11) is 0. The maximum absolute atomic E-state index is 6.39. The zero-order valence-corrected chi connectivity index (χ0v) is 18.7. The van der Waals surface area contributed by atoms with Crippen molar-refractivity contribution in [1.82, 2.24) is 5.32 Å². The van der Waals surface area contributed by atoms with E-state index in [1.807, 2.05) is 0 Å². The molecule has 0 saturated carbocycles. The average molecular weight is 386 g/mol. The normalized spacial score (nSPS) is 33.2. The summed E-state index contributed by atoms with van der Waals surface area (Å²) in [6.07, 6.45) is 6.93. The lowest BCUT2D eigenvalue weighted by atomic mass is 9.61. The smallest absolute Gasteiger partial charge is 0.216 e. The van der Waals surface area contributed by atoms with Crippen molar-refractivity contribution in [1.29, 1.82) is 0 Å². The molecule has 5 atom stereocenters. The van der Waals surface area contributed by atoms with Crippen molar-refractivity contribution < 1.29 is 18.9 Å². The second-order valence-corrected chi connectivity index (χ2v) is 9.45. The standard InChI is InChI=1S/C22H43NO4/c1-8-11-17-13-19(27-20(26-17)23-10-3)22(6,7)21(4,5)14-18-12-16(9-2)24-15-25-18/h16-20,23H,8-15H2,1-7H3. The summed E-state index contributed by atoms with van der Waals surface area (Å²) in [5, 5.41) is 3.34. The number of hydrogen-bond acceptors (Lipinski definition) is 5. The van der Waals surface area contributed by atoms with Gasteiger partial charge in [-0.15, -0.1) is 0 Å². The Labute approximate surface area is 166 Å². The molecular weight excluding hydrogens is 342 g/mol. The van der Waals surface area contributed by atoms with E-state index in [-0.39, 0.29) is 35.6 Å². The SMILES string of the molecule is CCCC1CC(C(C)(C)C(C)(C)CC2CC(CC)OCO2)OC(NCC)O1. The third-order valence-corrected chi connectivity index (χ3v) is 6.94. The highest BCUT2D eigenvalue weighted by Gasteiger charge is 2.48. The van der Waals surface area contributed by atoms with E-state index in [1.54, 1.807) is 0 Å². The van der Waals surface area contributed by atoms with Crippen LogP contribution in [0.1, 0.15) is 87.0 Å². The lowest BCUT2D eigenvalue weighted by molar-refractivity contribution is -0.287. The molecule has 5 nitrogen and oxygen atoms in total. The Morgan fingerprint density at radius 1 is 0.889 bits per heavy atom. The highest BCUT2D eigenvalue weighted by atomic mass is 16.7. The minimum Gasteiger partial charge on any atom is -0.352 e. The third kappa shape index (κ3) is 5.89. The predicted molar refractivity (Wildman–Crippen MR) is 108 cm³/mol. The van der Waals surface area contributed by atoms with Crippen LogP contribution in [0.5, 0.6) is 0 Å². The summed E-state index contributed by atoms with van der Waals surface area (Å²) >= 11 is 0. The lowest BCUT2D eigenvalue weighted by Gasteiger charge is -2.51. The number of nitrogens with one attached hydrogen (secondary N) is 1. The highest BCUT2D eigenvalue weighted by Crippen LogP contribution is 2.49. The van der Waals surface area contributed by atoms with E-state index in [2.05, 4.69) is 53.8 Å². The molecule has 0 amide bonds. The maximum atomic E-state index is 6.39. The Kier molecular flexibility index (Phi) is 8.56. The molecule has 2 rings (SSSR count). The van der Waals surface area contributed by atoms with Crippen LogP contribution in [0.2, 0.25) is 0 Å². The van der Waals surface area contributed by atoms with E-state index in [0.29, 0.717) is 12.9 Å². The Morgan fingerprint density at radius 3 is 2.22 bits per heavy atom. The quantitative estimate of drug-likeness (QED) is 0.615. The van der Waals surface area contributed by atoms with E-state index < -0.39 is 0 Å². The summed E-state index contributed by atoms with van der Waals surface area (Å²) < 4.78 is 24.1. The molecule has 27 heavy (non-hydrogen) atoms. The van der Waals surface area contributed by atoms with Crippen LogP contribution < -0.4 is 5.32 Å². The van der Waals surface area contributed by atoms with Gasteiger partial charge in [-0.3, -0.25) is 5.32 Å². The van der Waals surface area contributed by atoms with Gasteiger partial charge in [0.25, 0.3) is 0 Å². The molecule has 5 heteroatoms. The highest BCUT2D eigenvalue weighted by molar-refractivity contribution is 4.96. The predicted octanol–water partition coefficient (Wildman–Crippen LogP) is 4.84. The van der Waals surface area contributed by atoms with E-state index in [0.717, 1.165) is 45.1 Å². The molecule has 0 radical (unpaired) electrons. The van der Waals surface area contributed by atoms with Crippen molar-refractivity contribution in [3.05, 3.63) is 0 Å². The molecule has 0 aliphatic carbocycles. The van der Waals surface area contributed by atoms with Gasteiger partial charge in [-0.2, -0.15) is 0 Å². The van der Waals surface area contributed by atoms with Crippen molar-refractivity contribution in [3.63, 3.8) is 0 Å². The summed E-state index contributed by atoms with van der Waals surface area (Å²) in [4.78, 5) is 0. The Balaban J connectivity index is 2.07. The van der Waals surface area contributed by atoms with Crippen LogP contribution in [0.4, 0.5) is 0 Å². The average Bonchev–Trinajstić information content (AvgIpc) is 2.61. The van der Waals surface area contributed by atoms with Crippen LogP contribution in [0.15, 0.2) is 0 Å². The van der Waals surface area contributed by atoms with Gasteiger partial charge in [0.05, 0.1) is 24.4 Å². The van der Waals surface area contributed by atoms with Crippen LogP contribution in [0.3, 0.4) is 0 Å². The van der Waals surface area contributed by atoms with Gasteiger partial charge in [0.1, 0.15) is 6.79 Å². The molecule has 0 aromatic carbocycles. The van der Waals surface area contributed by atoms with Gasteiger partial charge in [0, 0.05) is 6.42 Å². The molecule has 2 aliphatic heterocycles. The molecule has 5 unspecified atom stereocenters. The van der Waals surface area contributed by atoms with Crippen molar-refractivity contribution in [3.8, 4) is 0 Å². The summed E-state index contributed by atoms with van der Waals surface area (Å²) in [5.74, 6) is 0. The van der Waals surface area contributed by atoms with E-state index in [4.69, 9.17) is 18.9 Å². The lowest BCUT2D eigenvalue weighted by Crippen LogP contribution is -2.54. The van der Waals surface area contributed by atoms with Gasteiger partial charge in [-0.25, -0.2) is 0 Å². The second-order valence-electron chi connectivity index (χ2n) is 9.45. The minimum absolute atomic E-state index is 0.000180. The molecule has 0 aromatic rings. The fourth-order valence-electron chi connectivity index (χ4n) is 4.30. The molecule has 1 N–H and O–H groups in total. The third-order valence-electron chi connectivity index (χ3n) is 6.94. The monoisotopic (exact) mass is 385 g/mol. The number of hydrogen-bond donors (Lipinski definition) is 1. The molecule has 2 heterocycles. The van der Waals surface area contributed by atoms with Gasteiger partial charge in [-0.05, 0) is 43.1 Å². The molecule has 160 valence electrons. The Bertz CT molecular complexity index is 426. The Hall–Kier alpha value is -0.200. The first-order chi connectivity index (χ1) is 12.7. The second kappa shape index (κ2) is 10.0.